The summed E-state index contributed by atoms with van der Waals surface area (Å²) in [6.45, 7) is 5.96. The third-order valence-corrected chi connectivity index (χ3v) is 5.37. The zero-order valence-electron chi connectivity index (χ0n) is 17.0. The van der Waals surface area contributed by atoms with E-state index in [9.17, 15) is 18.0 Å². The molecule has 0 spiro atoms. The number of nitrogens with zero attached hydrogens (tertiary/aromatic N) is 2. The van der Waals surface area contributed by atoms with E-state index in [1.54, 1.807) is 6.07 Å². The second-order valence-electron chi connectivity index (χ2n) is 8.00. The van der Waals surface area contributed by atoms with E-state index in [1.807, 2.05) is 11.0 Å². The summed E-state index contributed by atoms with van der Waals surface area (Å²) in [6, 6.07) is 7.18. The standard InChI is InChI=1S/C22H25ClF3N3O/c1-14(2)7-9-27-21(30)20-6-3-15-12-29(10-8-19(15)28-20)13-16-11-17(23)4-5-18(16)22(24,25)26/h3-6,11,14H,7-10,12-13H2,1-2H3,(H,27,30). The minimum Gasteiger partial charge on any atom is -0.351 e. The van der Waals surface area contributed by atoms with E-state index in [-0.39, 0.29) is 23.0 Å². The van der Waals surface area contributed by atoms with E-state index < -0.39 is 11.7 Å². The largest absolute Gasteiger partial charge is 0.416 e. The van der Waals surface area contributed by atoms with Crippen LogP contribution in [-0.4, -0.2) is 28.9 Å². The van der Waals surface area contributed by atoms with Crippen LogP contribution in [0.15, 0.2) is 30.3 Å². The third kappa shape index (κ3) is 5.73. The maximum Gasteiger partial charge on any atom is 0.416 e. The molecule has 1 aromatic carbocycles. The number of rotatable bonds is 6. The molecule has 0 saturated heterocycles. The summed E-state index contributed by atoms with van der Waals surface area (Å²) in [6.07, 6.45) is -2.95. The highest BCUT2D eigenvalue weighted by Gasteiger charge is 2.34. The van der Waals surface area contributed by atoms with E-state index in [4.69, 9.17) is 11.6 Å². The van der Waals surface area contributed by atoms with Crippen LogP contribution in [0.25, 0.3) is 0 Å². The summed E-state index contributed by atoms with van der Waals surface area (Å²) in [4.78, 5) is 18.7. The summed E-state index contributed by atoms with van der Waals surface area (Å²) < 4.78 is 39.9. The lowest BCUT2D eigenvalue weighted by molar-refractivity contribution is -0.138. The van der Waals surface area contributed by atoms with Gasteiger partial charge in [0.15, 0.2) is 0 Å². The molecule has 162 valence electrons. The number of nitrogens with one attached hydrogen (secondary N) is 1. The molecule has 0 saturated carbocycles. The zero-order valence-corrected chi connectivity index (χ0v) is 17.8. The molecule has 1 aliphatic rings. The van der Waals surface area contributed by atoms with Gasteiger partial charge in [0.25, 0.3) is 5.91 Å². The molecule has 1 amide bonds. The normalized spacial score (nSPS) is 14.6. The molecule has 1 N–H and O–H groups in total. The fraction of sp³-hybridized carbons (Fsp3) is 0.455. The first-order valence-corrected chi connectivity index (χ1v) is 10.4. The fourth-order valence-corrected chi connectivity index (χ4v) is 3.71. The third-order valence-electron chi connectivity index (χ3n) is 5.13. The molecule has 1 aliphatic heterocycles. The summed E-state index contributed by atoms with van der Waals surface area (Å²) in [5, 5.41) is 3.16. The van der Waals surface area contributed by atoms with Gasteiger partial charge < -0.3 is 5.32 Å². The van der Waals surface area contributed by atoms with Crippen LogP contribution in [0.1, 0.15) is 53.1 Å². The molecule has 3 rings (SSSR count). The van der Waals surface area contributed by atoms with E-state index in [1.165, 1.54) is 12.1 Å². The number of hydrogen-bond acceptors (Lipinski definition) is 3. The second-order valence-corrected chi connectivity index (χ2v) is 8.44. The van der Waals surface area contributed by atoms with E-state index in [0.29, 0.717) is 37.7 Å². The molecule has 0 radical (unpaired) electrons. The minimum absolute atomic E-state index is 0.145. The Morgan fingerprint density at radius 1 is 1.27 bits per heavy atom. The van der Waals surface area contributed by atoms with Gasteiger partial charge in [0.1, 0.15) is 5.69 Å². The fourth-order valence-electron chi connectivity index (χ4n) is 3.51. The SMILES string of the molecule is CC(C)CCNC(=O)c1ccc2c(n1)CCN(Cc1cc(Cl)ccc1C(F)(F)F)C2. The molecule has 8 heteroatoms. The van der Waals surface area contributed by atoms with Crippen LogP contribution in [0, 0.1) is 5.92 Å². The molecule has 0 aliphatic carbocycles. The van der Waals surface area contributed by atoms with Gasteiger partial charge in [0, 0.05) is 43.3 Å². The molecular formula is C22H25ClF3N3O. The molecule has 0 fully saturated rings. The van der Waals surface area contributed by atoms with Crippen molar-refractivity contribution in [3.05, 3.63) is 63.4 Å². The number of benzene rings is 1. The Hall–Kier alpha value is -2.12. The van der Waals surface area contributed by atoms with Crippen molar-refractivity contribution < 1.29 is 18.0 Å². The number of alkyl halides is 3. The molecule has 0 unspecified atom stereocenters. The van der Waals surface area contributed by atoms with Gasteiger partial charge in [-0.3, -0.25) is 9.69 Å². The smallest absolute Gasteiger partial charge is 0.351 e. The minimum atomic E-state index is -4.42. The first kappa shape index (κ1) is 22.6. The predicted molar refractivity (Wildman–Crippen MR) is 110 cm³/mol. The van der Waals surface area contributed by atoms with E-state index >= 15 is 0 Å². The van der Waals surface area contributed by atoms with Crippen molar-refractivity contribution in [3.8, 4) is 0 Å². The van der Waals surface area contributed by atoms with Crippen LogP contribution in [0.4, 0.5) is 13.2 Å². The Balaban J connectivity index is 1.69. The van der Waals surface area contributed by atoms with E-state index in [0.717, 1.165) is 23.7 Å². The Labute approximate surface area is 179 Å². The summed E-state index contributed by atoms with van der Waals surface area (Å²) in [5.74, 6) is 0.305. The first-order valence-electron chi connectivity index (χ1n) is 9.98. The molecule has 2 aromatic rings. The van der Waals surface area contributed by atoms with Crippen molar-refractivity contribution in [2.24, 2.45) is 5.92 Å². The Morgan fingerprint density at radius 3 is 2.73 bits per heavy atom. The number of amides is 1. The lowest BCUT2D eigenvalue weighted by Gasteiger charge is -2.29. The summed E-state index contributed by atoms with van der Waals surface area (Å²) in [5.41, 5.74) is 1.62. The maximum absolute atomic E-state index is 13.3. The van der Waals surface area contributed by atoms with Crippen LogP contribution < -0.4 is 5.32 Å². The molecule has 0 atom stereocenters. The van der Waals surface area contributed by atoms with Crippen LogP contribution in [0.5, 0.6) is 0 Å². The Bertz CT molecular complexity index is 915. The first-order chi connectivity index (χ1) is 14.1. The highest BCUT2D eigenvalue weighted by Crippen LogP contribution is 2.34. The lowest BCUT2D eigenvalue weighted by Crippen LogP contribution is -2.32. The van der Waals surface area contributed by atoms with E-state index in [2.05, 4.69) is 24.1 Å². The van der Waals surface area contributed by atoms with Crippen LogP contribution >= 0.6 is 11.6 Å². The Morgan fingerprint density at radius 2 is 2.03 bits per heavy atom. The van der Waals surface area contributed by atoms with Crippen molar-refractivity contribution in [2.75, 3.05) is 13.1 Å². The molecule has 4 nitrogen and oxygen atoms in total. The molecule has 0 bridgehead atoms. The topological polar surface area (TPSA) is 45.2 Å². The number of carbonyl (C=O) groups excluding carboxylic acids is 1. The van der Waals surface area contributed by atoms with Gasteiger partial charge in [-0.15, -0.1) is 0 Å². The van der Waals surface area contributed by atoms with Crippen molar-refractivity contribution in [2.45, 2.75) is 46.0 Å². The van der Waals surface area contributed by atoms with Gasteiger partial charge in [-0.05, 0) is 47.7 Å². The van der Waals surface area contributed by atoms with Gasteiger partial charge in [0.2, 0.25) is 0 Å². The van der Waals surface area contributed by atoms with Gasteiger partial charge in [-0.2, -0.15) is 13.2 Å². The maximum atomic E-state index is 13.3. The summed E-state index contributed by atoms with van der Waals surface area (Å²) in [7, 11) is 0. The lowest BCUT2D eigenvalue weighted by atomic mass is 10.0. The van der Waals surface area contributed by atoms with Crippen LogP contribution in [-0.2, 0) is 25.7 Å². The number of pyridine rings is 1. The predicted octanol–water partition coefficient (Wildman–Crippen LogP) is 5.09. The number of fused-ring (bicyclic) bond motifs is 1. The number of hydrogen-bond donors (Lipinski definition) is 1. The highest BCUT2D eigenvalue weighted by atomic mass is 35.5. The average molecular weight is 440 g/mol. The van der Waals surface area contributed by atoms with Crippen LogP contribution in [0.2, 0.25) is 5.02 Å². The van der Waals surface area contributed by atoms with Crippen molar-refractivity contribution >= 4 is 17.5 Å². The van der Waals surface area contributed by atoms with Crippen molar-refractivity contribution in [3.63, 3.8) is 0 Å². The van der Waals surface area contributed by atoms with Gasteiger partial charge in [-0.25, -0.2) is 4.98 Å². The zero-order chi connectivity index (χ0) is 21.9. The summed E-state index contributed by atoms with van der Waals surface area (Å²) >= 11 is 5.93. The highest BCUT2D eigenvalue weighted by molar-refractivity contribution is 6.30. The average Bonchev–Trinajstić information content (AvgIpc) is 2.66. The van der Waals surface area contributed by atoms with Gasteiger partial charge in [0.05, 0.1) is 5.56 Å². The quantitative estimate of drug-likeness (QED) is 0.682. The Kier molecular flexibility index (Phi) is 7.03. The number of halogens is 4. The monoisotopic (exact) mass is 439 g/mol. The second kappa shape index (κ2) is 9.35. The molecule has 30 heavy (non-hydrogen) atoms. The number of aromatic nitrogens is 1. The van der Waals surface area contributed by atoms with Crippen molar-refractivity contribution in [1.29, 1.82) is 0 Å². The van der Waals surface area contributed by atoms with Gasteiger partial charge in [-0.1, -0.05) is 31.5 Å². The van der Waals surface area contributed by atoms with Crippen molar-refractivity contribution in [1.82, 2.24) is 15.2 Å². The van der Waals surface area contributed by atoms with Gasteiger partial charge >= 0.3 is 6.18 Å². The molecule has 1 aromatic heterocycles. The molecule has 2 heterocycles. The number of carbonyl (C=O) groups is 1. The van der Waals surface area contributed by atoms with Crippen LogP contribution in [0.3, 0.4) is 0 Å². The molecular weight excluding hydrogens is 415 g/mol.